The van der Waals surface area contributed by atoms with Crippen LogP contribution in [-0.2, 0) is 21.2 Å². The number of thiophene rings is 1. The Bertz CT molecular complexity index is 861. The number of hydrogen-bond acceptors (Lipinski definition) is 7. The van der Waals surface area contributed by atoms with Crippen molar-refractivity contribution in [2.24, 2.45) is 0 Å². The van der Waals surface area contributed by atoms with E-state index in [-0.39, 0.29) is 29.2 Å². The molecule has 1 aliphatic rings. The molecule has 7 nitrogen and oxygen atoms in total. The Balaban J connectivity index is 1.67. The molecular weight excluding hydrogens is 392 g/mol. The summed E-state index contributed by atoms with van der Waals surface area (Å²) in [6.45, 7) is 5.14. The van der Waals surface area contributed by atoms with Gasteiger partial charge >= 0.3 is 0 Å². The highest BCUT2D eigenvalue weighted by molar-refractivity contribution is 7.99. The maximum Gasteiger partial charge on any atom is 0.233 e. The predicted molar refractivity (Wildman–Crippen MR) is 104 cm³/mol. The first-order valence-electron chi connectivity index (χ1n) is 8.55. The van der Waals surface area contributed by atoms with Gasteiger partial charge in [-0.3, -0.25) is 4.79 Å². The molecule has 0 N–H and O–H groups in total. The van der Waals surface area contributed by atoms with Gasteiger partial charge in [-0.1, -0.05) is 17.8 Å². The molecule has 0 aromatic carbocycles. The summed E-state index contributed by atoms with van der Waals surface area (Å²) in [5, 5.41) is 11.2. The van der Waals surface area contributed by atoms with Crippen molar-refractivity contribution < 1.29 is 13.2 Å². The second-order valence-electron chi connectivity index (χ2n) is 6.05. The highest BCUT2D eigenvalue weighted by atomic mass is 32.2. The topological polar surface area (TPSA) is 85.2 Å². The molecule has 2 aromatic heterocycles. The summed E-state index contributed by atoms with van der Waals surface area (Å²) in [6.07, 6.45) is 0.528. The first-order valence-corrected chi connectivity index (χ1v) is 12.2. The van der Waals surface area contributed by atoms with Gasteiger partial charge < -0.3 is 9.47 Å². The van der Waals surface area contributed by atoms with E-state index in [2.05, 4.69) is 10.2 Å². The molecule has 2 aromatic rings. The van der Waals surface area contributed by atoms with Crippen LogP contribution in [0.15, 0.2) is 22.7 Å². The van der Waals surface area contributed by atoms with Crippen LogP contribution in [0.5, 0.6) is 0 Å². The van der Waals surface area contributed by atoms with Gasteiger partial charge in [0.2, 0.25) is 5.91 Å². The summed E-state index contributed by atoms with van der Waals surface area (Å²) in [6, 6.07) is 3.77. The molecule has 0 radical (unpaired) electrons. The molecule has 3 heterocycles. The van der Waals surface area contributed by atoms with Crippen molar-refractivity contribution in [1.29, 1.82) is 0 Å². The van der Waals surface area contributed by atoms with Crippen LogP contribution >= 0.6 is 23.1 Å². The summed E-state index contributed by atoms with van der Waals surface area (Å²) in [5.41, 5.74) is 0. The standard InChI is InChI=1S/C16H22N4O3S3/c1-3-19(12-7-9-26(22,23)11-12)14(21)10-25-16-18-17-15(20(16)4-2)13-6-5-8-24-13/h5-6,8,12H,3-4,7,9-11H2,1-2H3/t12-/m1/s1. The maximum atomic E-state index is 12.6. The number of amides is 1. The zero-order valence-electron chi connectivity index (χ0n) is 14.8. The van der Waals surface area contributed by atoms with Crippen molar-refractivity contribution in [2.75, 3.05) is 23.8 Å². The lowest BCUT2D eigenvalue weighted by atomic mass is 10.2. The van der Waals surface area contributed by atoms with Crippen LogP contribution in [0.2, 0.25) is 0 Å². The molecular formula is C16H22N4O3S3. The molecule has 26 heavy (non-hydrogen) atoms. The summed E-state index contributed by atoms with van der Waals surface area (Å²) in [5.74, 6) is 1.23. The van der Waals surface area contributed by atoms with Gasteiger partial charge in [-0.2, -0.15) is 0 Å². The minimum absolute atomic E-state index is 0.0528. The van der Waals surface area contributed by atoms with Crippen molar-refractivity contribution in [3.63, 3.8) is 0 Å². The van der Waals surface area contributed by atoms with Gasteiger partial charge in [-0.15, -0.1) is 21.5 Å². The molecule has 1 saturated heterocycles. The highest BCUT2D eigenvalue weighted by Crippen LogP contribution is 2.27. The number of hydrogen-bond donors (Lipinski definition) is 0. The van der Waals surface area contributed by atoms with E-state index in [1.807, 2.05) is 35.9 Å². The lowest BCUT2D eigenvalue weighted by Gasteiger charge is -2.26. The average Bonchev–Trinajstić information content (AvgIpc) is 3.32. The van der Waals surface area contributed by atoms with Gasteiger partial charge in [-0.05, 0) is 31.7 Å². The van der Waals surface area contributed by atoms with Crippen LogP contribution in [-0.4, -0.2) is 63.8 Å². The Kier molecular flexibility index (Phi) is 6.03. The molecule has 3 rings (SSSR count). The Labute approximate surface area is 161 Å². The van der Waals surface area contributed by atoms with E-state index in [1.54, 1.807) is 16.2 Å². The van der Waals surface area contributed by atoms with E-state index in [0.717, 1.165) is 17.2 Å². The van der Waals surface area contributed by atoms with Crippen molar-refractivity contribution in [2.45, 2.75) is 38.0 Å². The van der Waals surface area contributed by atoms with E-state index in [9.17, 15) is 13.2 Å². The Morgan fingerprint density at radius 1 is 1.42 bits per heavy atom. The lowest BCUT2D eigenvalue weighted by Crippen LogP contribution is -2.42. The Hall–Kier alpha value is -1.39. The summed E-state index contributed by atoms with van der Waals surface area (Å²) in [4.78, 5) is 15.4. The van der Waals surface area contributed by atoms with Gasteiger partial charge in [0.05, 0.1) is 22.1 Å². The Morgan fingerprint density at radius 3 is 2.81 bits per heavy atom. The number of carbonyl (C=O) groups excluding carboxylic acids is 1. The van der Waals surface area contributed by atoms with Crippen molar-refractivity contribution in [3.05, 3.63) is 17.5 Å². The van der Waals surface area contributed by atoms with Gasteiger partial charge in [0.25, 0.3) is 0 Å². The molecule has 0 unspecified atom stereocenters. The number of rotatable bonds is 7. The summed E-state index contributed by atoms with van der Waals surface area (Å²) < 4.78 is 25.4. The van der Waals surface area contributed by atoms with Gasteiger partial charge in [-0.25, -0.2) is 8.42 Å². The molecule has 0 aliphatic carbocycles. The van der Waals surface area contributed by atoms with E-state index < -0.39 is 9.84 Å². The van der Waals surface area contributed by atoms with Crippen LogP contribution in [0.1, 0.15) is 20.3 Å². The minimum atomic E-state index is -3.01. The molecule has 0 spiro atoms. The highest BCUT2D eigenvalue weighted by Gasteiger charge is 2.33. The predicted octanol–water partition coefficient (Wildman–Crippen LogP) is 2.15. The number of aromatic nitrogens is 3. The third-order valence-electron chi connectivity index (χ3n) is 4.41. The number of thioether (sulfide) groups is 1. The monoisotopic (exact) mass is 414 g/mol. The lowest BCUT2D eigenvalue weighted by molar-refractivity contribution is -0.129. The number of nitrogens with zero attached hydrogens (tertiary/aromatic N) is 4. The van der Waals surface area contributed by atoms with Gasteiger partial charge in [0.15, 0.2) is 20.8 Å². The molecule has 142 valence electrons. The largest absolute Gasteiger partial charge is 0.338 e. The Morgan fingerprint density at radius 2 is 2.23 bits per heavy atom. The van der Waals surface area contributed by atoms with E-state index in [0.29, 0.717) is 18.1 Å². The second kappa shape index (κ2) is 8.10. The zero-order valence-corrected chi connectivity index (χ0v) is 17.2. The van der Waals surface area contributed by atoms with Gasteiger partial charge in [0.1, 0.15) is 0 Å². The fourth-order valence-corrected chi connectivity index (χ4v) is 6.47. The van der Waals surface area contributed by atoms with E-state index >= 15 is 0 Å². The number of carbonyl (C=O) groups is 1. The molecule has 0 saturated carbocycles. The third-order valence-corrected chi connectivity index (χ3v) is 7.98. The first-order chi connectivity index (χ1) is 12.4. The average molecular weight is 415 g/mol. The first kappa shape index (κ1) is 19.4. The minimum Gasteiger partial charge on any atom is -0.338 e. The summed E-state index contributed by atoms with van der Waals surface area (Å²) >= 11 is 2.96. The SMILES string of the molecule is CCN(C(=O)CSc1nnc(-c2cccs2)n1CC)[C@@H]1CCS(=O)(=O)C1. The molecule has 1 amide bonds. The van der Waals surface area contributed by atoms with Crippen molar-refractivity contribution in [3.8, 4) is 10.7 Å². The van der Waals surface area contributed by atoms with E-state index in [4.69, 9.17) is 0 Å². The maximum absolute atomic E-state index is 12.6. The van der Waals surface area contributed by atoms with Crippen LogP contribution in [0.25, 0.3) is 10.7 Å². The fourth-order valence-electron chi connectivity index (χ4n) is 3.14. The second-order valence-corrected chi connectivity index (χ2v) is 10.2. The summed E-state index contributed by atoms with van der Waals surface area (Å²) in [7, 11) is -3.01. The molecule has 1 atom stereocenters. The third kappa shape index (κ3) is 4.12. The normalized spacial score (nSPS) is 18.9. The van der Waals surface area contributed by atoms with Crippen molar-refractivity contribution >= 4 is 38.8 Å². The van der Waals surface area contributed by atoms with Crippen LogP contribution in [0, 0.1) is 0 Å². The fraction of sp³-hybridized carbons (Fsp3) is 0.562. The van der Waals surface area contributed by atoms with Crippen LogP contribution in [0.3, 0.4) is 0 Å². The van der Waals surface area contributed by atoms with Crippen LogP contribution in [0.4, 0.5) is 0 Å². The molecule has 0 bridgehead atoms. The number of sulfone groups is 1. The quantitative estimate of drug-likeness (QED) is 0.646. The van der Waals surface area contributed by atoms with E-state index in [1.165, 1.54) is 11.8 Å². The molecule has 10 heteroatoms. The molecule has 1 fully saturated rings. The van der Waals surface area contributed by atoms with Gasteiger partial charge in [0, 0.05) is 19.1 Å². The van der Waals surface area contributed by atoms with Crippen molar-refractivity contribution in [1.82, 2.24) is 19.7 Å². The van der Waals surface area contributed by atoms with Crippen LogP contribution < -0.4 is 0 Å². The zero-order chi connectivity index (χ0) is 18.7. The molecule has 1 aliphatic heterocycles. The smallest absolute Gasteiger partial charge is 0.233 e.